The summed E-state index contributed by atoms with van der Waals surface area (Å²) >= 11 is 0. The van der Waals surface area contributed by atoms with Gasteiger partial charge in [0.05, 0.1) is 11.3 Å². The summed E-state index contributed by atoms with van der Waals surface area (Å²) in [5.74, 6) is -1.11. The first-order chi connectivity index (χ1) is 13.6. The van der Waals surface area contributed by atoms with Crippen molar-refractivity contribution >= 4 is 16.8 Å². The molecule has 1 fully saturated rings. The zero-order chi connectivity index (χ0) is 19.3. The maximum atomic E-state index is 15.1. The van der Waals surface area contributed by atoms with Gasteiger partial charge in [0.25, 0.3) is 5.91 Å². The molecule has 28 heavy (non-hydrogen) atoms. The molecule has 0 spiro atoms. The standard InChI is InChI=1S/C21H19F2N3O2/c22-13-7-15-19-16(10-28-26-21(15)27)20(25-18(19)8-13)14-4-3-11(6-17(14)23)12-2-1-5-24-9-12/h3-4,6-8,12,24-25H,1-2,5,9-10H2,(H,26,27)/t12-/m1/s1. The summed E-state index contributed by atoms with van der Waals surface area (Å²) in [5.41, 5.74) is 5.39. The first-order valence-corrected chi connectivity index (χ1v) is 9.38. The Balaban J connectivity index is 1.64. The van der Waals surface area contributed by atoms with Crippen LogP contribution in [0.5, 0.6) is 0 Å². The normalized spacial score (nSPS) is 19.5. The fourth-order valence-electron chi connectivity index (χ4n) is 4.27. The van der Waals surface area contributed by atoms with E-state index in [9.17, 15) is 9.18 Å². The van der Waals surface area contributed by atoms with Gasteiger partial charge in [-0.3, -0.25) is 9.63 Å². The number of rotatable bonds is 2. The predicted octanol–water partition coefficient (Wildman–Crippen LogP) is 3.76. The number of aromatic nitrogens is 1. The maximum absolute atomic E-state index is 15.1. The lowest BCUT2D eigenvalue weighted by Crippen LogP contribution is -2.28. The van der Waals surface area contributed by atoms with Crippen molar-refractivity contribution in [3.05, 3.63) is 58.7 Å². The molecule has 0 bridgehead atoms. The first-order valence-electron chi connectivity index (χ1n) is 9.38. The van der Waals surface area contributed by atoms with Crippen LogP contribution in [0.4, 0.5) is 8.78 Å². The topological polar surface area (TPSA) is 66.2 Å². The Morgan fingerprint density at radius 2 is 2.00 bits per heavy atom. The Hall–Kier alpha value is -2.77. The second-order valence-corrected chi connectivity index (χ2v) is 7.36. The summed E-state index contributed by atoms with van der Waals surface area (Å²) in [6.07, 6.45) is 2.11. The van der Waals surface area contributed by atoms with Gasteiger partial charge in [-0.25, -0.2) is 14.3 Å². The van der Waals surface area contributed by atoms with E-state index in [0.29, 0.717) is 33.6 Å². The van der Waals surface area contributed by atoms with Gasteiger partial charge >= 0.3 is 0 Å². The van der Waals surface area contributed by atoms with Gasteiger partial charge in [0.1, 0.15) is 18.2 Å². The van der Waals surface area contributed by atoms with Crippen molar-refractivity contribution in [3.63, 3.8) is 0 Å². The van der Waals surface area contributed by atoms with E-state index in [4.69, 9.17) is 4.84 Å². The Morgan fingerprint density at radius 3 is 2.79 bits per heavy atom. The Bertz CT molecular complexity index is 1090. The van der Waals surface area contributed by atoms with Crippen molar-refractivity contribution in [1.82, 2.24) is 15.8 Å². The molecule has 3 heterocycles. The quantitative estimate of drug-likeness (QED) is 0.631. The highest BCUT2D eigenvalue weighted by molar-refractivity contribution is 6.09. The molecule has 3 aromatic rings. The molecule has 5 nitrogen and oxygen atoms in total. The number of nitrogens with one attached hydrogen (secondary N) is 3. The summed E-state index contributed by atoms with van der Waals surface area (Å²) in [7, 11) is 0. The highest BCUT2D eigenvalue weighted by Crippen LogP contribution is 2.37. The molecule has 1 amide bonds. The molecule has 7 heteroatoms. The molecule has 0 aliphatic carbocycles. The first kappa shape index (κ1) is 17.3. The number of H-pyrrole nitrogens is 1. The molecule has 5 rings (SSSR count). The second kappa shape index (κ2) is 6.68. The van der Waals surface area contributed by atoms with Crippen LogP contribution >= 0.6 is 0 Å². The molecular weight excluding hydrogens is 364 g/mol. The molecule has 0 unspecified atom stereocenters. The number of carbonyl (C=O) groups is 1. The zero-order valence-electron chi connectivity index (χ0n) is 15.1. The smallest absolute Gasteiger partial charge is 0.275 e. The minimum absolute atomic E-state index is 0.0629. The Kier molecular flexibility index (Phi) is 4.14. The monoisotopic (exact) mass is 383 g/mol. The third kappa shape index (κ3) is 2.78. The van der Waals surface area contributed by atoms with Gasteiger partial charge in [-0.1, -0.05) is 6.07 Å². The molecule has 1 aromatic heterocycles. The average Bonchev–Trinajstić information content (AvgIpc) is 2.96. The zero-order valence-corrected chi connectivity index (χ0v) is 15.1. The van der Waals surface area contributed by atoms with Gasteiger partial charge in [0, 0.05) is 28.6 Å². The summed E-state index contributed by atoms with van der Waals surface area (Å²) < 4.78 is 29.0. The molecule has 0 radical (unpaired) electrons. The van der Waals surface area contributed by atoms with Crippen LogP contribution in [0.15, 0.2) is 30.3 Å². The van der Waals surface area contributed by atoms with Crippen LogP contribution in [0, 0.1) is 11.6 Å². The van der Waals surface area contributed by atoms with Gasteiger partial charge in [-0.05, 0) is 55.1 Å². The van der Waals surface area contributed by atoms with Crippen molar-refractivity contribution in [2.75, 3.05) is 13.1 Å². The van der Waals surface area contributed by atoms with Crippen LogP contribution in [0.3, 0.4) is 0 Å². The number of hydrogen-bond acceptors (Lipinski definition) is 3. The summed E-state index contributed by atoms with van der Waals surface area (Å²) in [6, 6.07) is 7.74. The summed E-state index contributed by atoms with van der Waals surface area (Å²) in [4.78, 5) is 20.5. The van der Waals surface area contributed by atoms with Gasteiger partial charge in [-0.2, -0.15) is 0 Å². The number of aromatic amines is 1. The van der Waals surface area contributed by atoms with Gasteiger partial charge in [0.2, 0.25) is 0 Å². The van der Waals surface area contributed by atoms with Gasteiger partial charge in [0.15, 0.2) is 0 Å². The summed E-state index contributed by atoms with van der Waals surface area (Å²) in [6.45, 7) is 1.91. The number of piperidine rings is 1. The van der Waals surface area contributed by atoms with Crippen molar-refractivity contribution in [1.29, 1.82) is 0 Å². The minimum Gasteiger partial charge on any atom is -0.354 e. The van der Waals surface area contributed by atoms with E-state index in [1.165, 1.54) is 12.1 Å². The molecular formula is C21H19F2N3O2. The molecule has 2 aliphatic rings. The molecule has 2 aromatic carbocycles. The van der Waals surface area contributed by atoms with Crippen molar-refractivity contribution in [2.45, 2.75) is 25.4 Å². The number of benzene rings is 2. The average molecular weight is 383 g/mol. The summed E-state index contributed by atoms with van der Waals surface area (Å²) in [5, 5.41) is 3.91. The maximum Gasteiger partial charge on any atom is 0.275 e. The third-order valence-electron chi connectivity index (χ3n) is 5.62. The molecule has 3 N–H and O–H groups in total. The molecule has 144 valence electrons. The highest BCUT2D eigenvalue weighted by Gasteiger charge is 2.25. The van der Waals surface area contributed by atoms with E-state index in [0.717, 1.165) is 31.5 Å². The van der Waals surface area contributed by atoms with Gasteiger partial charge in [-0.15, -0.1) is 0 Å². The van der Waals surface area contributed by atoms with Gasteiger partial charge < -0.3 is 10.3 Å². The molecule has 0 saturated carbocycles. The predicted molar refractivity (Wildman–Crippen MR) is 101 cm³/mol. The van der Waals surface area contributed by atoms with E-state index in [2.05, 4.69) is 15.8 Å². The lowest BCUT2D eigenvalue weighted by atomic mass is 9.90. The lowest BCUT2D eigenvalue weighted by Gasteiger charge is -2.23. The van der Waals surface area contributed by atoms with Crippen LogP contribution in [0.1, 0.15) is 40.2 Å². The van der Waals surface area contributed by atoms with Crippen LogP contribution in [0.2, 0.25) is 0 Å². The van der Waals surface area contributed by atoms with Crippen molar-refractivity contribution in [3.8, 4) is 11.3 Å². The van der Waals surface area contributed by atoms with Crippen LogP contribution < -0.4 is 10.8 Å². The number of hydrogen-bond donors (Lipinski definition) is 3. The van der Waals surface area contributed by atoms with E-state index in [1.807, 2.05) is 6.07 Å². The number of halogens is 2. The third-order valence-corrected chi connectivity index (χ3v) is 5.62. The van der Waals surface area contributed by atoms with Crippen molar-refractivity contribution < 1.29 is 18.4 Å². The molecule has 1 saturated heterocycles. The van der Waals surface area contributed by atoms with Crippen molar-refractivity contribution in [2.24, 2.45) is 0 Å². The highest BCUT2D eigenvalue weighted by atomic mass is 19.1. The second-order valence-electron chi connectivity index (χ2n) is 7.36. The van der Waals surface area contributed by atoms with Crippen LogP contribution in [-0.2, 0) is 11.4 Å². The number of hydroxylamine groups is 1. The molecule has 2 aliphatic heterocycles. The van der Waals surface area contributed by atoms with E-state index < -0.39 is 11.7 Å². The largest absolute Gasteiger partial charge is 0.354 e. The van der Waals surface area contributed by atoms with Crippen LogP contribution in [0.25, 0.3) is 22.2 Å². The van der Waals surface area contributed by atoms with Crippen LogP contribution in [-0.4, -0.2) is 24.0 Å². The van der Waals surface area contributed by atoms with E-state index in [-0.39, 0.29) is 18.0 Å². The minimum atomic E-state index is -0.542. The fraction of sp³-hybridized carbons (Fsp3) is 0.286. The number of amides is 1. The Labute approximate surface area is 160 Å². The van der Waals surface area contributed by atoms with E-state index in [1.54, 1.807) is 12.1 Å². The molecule has 1 atom stereocenters. The van der Waals surface area contributed by atoms with E-state index >= 15 is 4.39 Å². The fourth-order valence-corrected chi connectivity index (χ4v) is 4.27. The lowest BCUT2D eigenvalue weighted by molar-refractivity contribution is 0.0255. The Morgan fingerprint density at radius 1 is 1.11 bits per heavy atom. The number of carbonyl (C=O) groups excluding carboxylic acids is 1. The SMILES string of the molecule is O=C1NOCc2c(-c3ccc([C@@H]4CCCNC4)cc3F)[nH]c3cc(F)cc1c23.